The Morgan fingerprint density at radius 2 is 2.00 bits per heavy atom. The fourth-order valence-corrected chi connectivity index (χ4v) is 5.08. The van der Waals surface area contributed by atoms with Crippen LogP contribution in [-0.4, -0.2) is 42.7 Å². The van der Waals surface area contributed by atoms with Gasteiger partial charge in [0.25, 0.3) is 5.91 Å². The maximum absolute atomic E-state index is 13.2. The number of carbonyl (C=O) groups is 1. The number of halogens is 1. The molecule has 5 heteroatoms. The fourth-order valence-electron chi connectivity index (χ4n) is 4.67. The lowest BCUT2D eigenvalue weighted by Crippen LogP contribution is -2.45. The SMILES string of the molecule is O=C1c2ccc(OC[C@@H]3CCCO3)cc2CCN1[C@@H]1Cc2ccc(Br)cc2C1. The predicted octanol–water partition coefficient (Wildman–Crippen LogP) is 4.17. The number of ether oxygens (including phenoxy) is 2. The second-order valence-corrected chi connectivity index (χ2v) is 8.90. The molecule has 3 aliphatic rings. The van der Waals surface area contributed by atoms with Crippen molar-refractivity contribution in [2.24, 2.45) is 0 Å². The molecule has 0 unspecified atom stereocenters. The Labute approximate surface area is 174 Å². The van der Waals surface area contributed by atoms with Crippen molar-refractivity contribution in [3.05, 3.63) is 63.1 Å². The molecule has 1 saturated heterocycles. The second kappa shape index (κ2) is 7.53. The lowest BCUT2D eigenvalue weighted by molar-refractivity contribution is 0.0657. The lowest BCUT2D eigenvalue weighted by atomic mass is 9.96. The number of amides is 1. The van der Waals surface area contributed by atoms with Crippen LogP contribution in [0.5, 0.6) is 5.75 Å². The third-order valence-electron chi connectivity index (χ3n) is 6.17. The molecule has 1 fully saturated rings. The summed E-state index contributed by atoms with van der Waals surface area (Å²) < 4.78 is 12.6. The van der Waals surface area contributed by atoms with Crippen molar-refractivity contribution < 1.29 is 14.3 Å². The van der Waals surface area contributed by atoms with Gasteiger partial charge in [0, 0.05) is 29.2 Å². The zero-order valence-electron chi connectivity index (χ0n) is 15.8. The highest BCUT2D eigenvalue weighted by Gasteiger charge is 2.34. The van der Waals surface area contributed by atoms with Crippen LogP contribution in [0.2, 0.25) is 0 Å². The molecule has 0 spiro atoms. The standard InChI is InChI=1S/C23H24BrNO3/c24-18-4-3-15-11-19(12-17(15)10-18)25-8-7-16-13-20(5-6-22(16)23(25)26)28-14-21-2-1-9-27-21/h3-6,10,13,19,21H,1-2,7-9,11-12,14H2/t19-,21+/m1/s1. The van der Waals surface area contributed by atoms with Crippen molar-refractivity contribution in [1.82, 2.24) is 4.90 Å². The van der Waals surface area contributed by atoms with Crippen LogP contribution in [0, 0.1) is 0 Å². The third-order valence-corrected chi connectivity index (χ3v) is 6.66. The first-order chi connectivity index (χ1) is 13.7. The Bertz CT molecular complexity index is 907. The van der Waals surface area contributed by atoms with E-state index >= 15 is 0 Å². The summed E-state index contributed by atoms with van der Waals surface area (Å²) in [6, 6.07) is 12.6. The molecule has 2 aromatic rings. The summed E-state index contributed by atoms with van der Waals surface area (Å²) in [5.41, 5.74) is 4.65. The minimum atomic E-state index is 0.156. The average molecular weight is 442 g/mol. The van der Waals surface area contributed by atoms with Crippen molar-refractivity contribution in [3.63, 3.8) is 0 Å². The number of nitrogens with zero attached hydrogens (tertiary/aromatic N) is 1. The van der Waals surface area contributed by atoms with Crippen molar-refractivity contribution in [2.75, 3.05) is 19.8 Å². The summed E-state index contributed by atoms with van der Waals surface area (Å²) in [4.78, 5) is 15.2. The zero-order valence-corrected chi connectivity index (χ0v) is 17.4. The molecule has 1 amide bonds. The van der Waals surface area contributed by atoms with Gasteiger partial charge in [0.1, 0.15) is 12.4 Å². The quantitative estimate of drug-likeness (QED) is 0.714. The van der Waals surface area contributed by atoms with Crippen LogP contribution in [0.3, 0.4) is 0 Å². The Balaban J connectivity index is 1.28. The summed E-state index contributed by atoms with van der Waals surface area (Å²) in [7, 11) is 0. The van der Waals surface area contributed by atoms with Crippen LogP contribution in [0.15, 0.2) is 40.9 Å². The van der Waals surface area contributed by atoms with Gasteiger partial charge in [-0.1, -0.05) is 22.0 Å². The molecular weight excluding hydrogens is 418 g/mol. The topological polar surface area (TPSA) is 38.8 Å². The van der Waals surface area contributed by atoms with Gasteiger partial charge in [-0.05, 0) is 79.1 Å². The first kappa shape index (κ1) is 18.2. The van der Waals surface area contributed by atoms with Gasteiger partial charge >= 0.3 is 0 Å². The molecule has 2 aromatic carbocycles. The highest BCUT2D eigenvalue weighted by atomic mass is 79.9. The van der Waals surface area contributed by atoms with Crippen molar-refractivity contribution >= 4 is 21.8 Å². The zero-order chi connectivity index (χ0) is 19.1. The van der Waals surface area contributed by atoms with Crippen LogP contribution < -0.4 is 4.74 Å². The molecule has 5 rings (SSSR count). The van der Waals surface area contributed by atoms with Gasteiger partial charge in [-0.2, -0.15) is 0 Å². The van der Waals surface area contributed by atoms with E-state index in [9.17, 15) is 4.79 Å². The molecule has 0 saturated carbocycles. The average Bonchev–Trinajstić information content (AvgIpc) is 3.35. The van der Waals surface area contributed by atoms with Crippen LogP contribution in [0.1, 0.15) is 39.9 Å². The first-order valence-corrected chi connectivity index (χ1v) is 10.9. The summed E-state index contributed by atoms with van der Waals surface area (Å²) >= 11 is 3.55. The number of benzene rings is 2. The molecule has 2 heterocycles. The van der Waals surface area contributed by atoms with Gasteiger partial charge < -0.3 is 14.4 Å². The normalized spacial score (nSPS) is 23.6. The number of carbonyl (C=O) groups excluding carboxylic acids is 1. The first-order valence-electron chi connectivity index (χ1n) is 10.1. The van der Waals surface area contributed by atoms with Crippen LogP contribution in [0.4, 0.5) is 0 Å². The molecule has 146 valence electrons. The van der Waals surface area contributed by atoms with Gasteiger partial charge in [-0.25, -0.2) is 0 Å². The van der Waals surface area contributed by atoms with Crippen molar-refractivity contribution in [1.29, 1.82) is 0 Å². The largest absolute Gasteiger partial charge is 0.491 e. The third kappa shape index (κ3) is 3.46. The summed E-state index contributed by atoms with van der Waals surface area (Å²) in [5.74, 6) is 0.998. The molecule has 0 aromatic heterocycles. The molecular formula is C23H24BrNO3. The Kier molecular flexibility index (Phi) is 4.89. The smallest absolute Gasteiger partial charge is 0.254 e. The minimum Gasteiger partial charge on any atom is -0.491 e. The Morgan fingerprint density at radius 1 is 1.11 bits per heavy atom. The maximum atomic E-state index is 13.2. The molecule has 4 nitrogen and oxygen atoms in total. The molecule has 0 bridgehead atoms. The van der Waals surface area contributed by atoms with Crippen molar-refractivity contribution in [2.45, 2.75) is 44.2 Å². The highest BCUT2D eigenvalue weighted by molar-refractivity contribution is 9.10. The van der Waals surface area contributed by atoms with Crippen LogP contribution >= 0.6 is 15.9 Å². The fraction of sp³-hybridized carbons (Fsp3) is 0.435. The Morgan fingerprint density at radius 3 is 2.86 bits per heavy atom. The summed E-state index contributed by atoms with van der Waals surface area (Å²) in [5, 5.41) is 0. The lowest BCUT2D eigenvalue weighted by Gasteiger charge is -2.33. The van der Waals surface area contributed by atoms with E-state index in [0.29, 0.717) is 6.61 Å². The van der Waals surface area contributed by atoms with E-state index < -0.39 is 0 Å². The van der Waals surface area contributed by atoms with Gasteiger partial charge in [0.15, 0.2) is 0 Å². The van der Waals surface area contributed by atoms with E-state index in [1.807, 2.05) is 18.2 Å². The second-order valence-electron chi connectivity index (χ2n) is 7.99. The summed E-state index contributed by atoms with van der Waals surface area (Å²) in [6.45, 7) is 2.21. The van der Waals surface area contributed by atoms with Gasteiger partial charge in [0.2, 0.25) is 0 Å². The maximum Gasteiger partial charge on any atom is 0.254 e. The van der Waals surface area contributed by atoms with E-state index in [1.54, 1.807) is 0 Å². The molecule has 1 aliphatic carbocycles. The van der Waals surface area contributed by atoms with Gasteiger partial charge in [-0.3, -0.25) is 4.79 Å². The van der Waals surface area contributed by atoms with Gasteiger partial charge in [-0.15, -0.1) is 0 Å². The highest BCUT2D eigenvalue weighted by Crippen LogP contribution is 2.32. The van der Waals surface area contributed by atoms with E-state index in [4.69, 9.17) is 9.47 Å². The molecule has 2 aliphatic heterocycles. The number of rotatable bonds is 4. The Hall–Kier alpha value is -1.85. The molecule has 28 heavy (non-hydrogen) atoms. The number of hydrogen-bond donors (Lipinski definition) is 0. The summed E-state index contributed by atoms with van der Waals surface area (Å²) in [6.07, 6.45) is 5.17. The number of fused-ring (bicyclic) bond motifs is 2. The van der Waals surface area contributed by atoms with E-state index in [1.165, 1.54) is 11.1 Å². The van der Waals surface area contributed by atoms with E-state index in [2.05, 4.69) is 39.0 Å². The molecule has 0 N–H and O–H groups in total. The van der Waals surface area contributed by atoms with E-state index in [-0.39, 0.29) is 18.1 Å². The van der Waals surface area contributed by atoms with Crippen LogP contribution in [0.25, 0.3) is 0 Å². The predicted molar refractivity (Wildman–Crippen MR) is 111 cm³/mol. The number of hydrogen-bond acceptors (Lipinski definition) is 3. The molecule has 2 atom stereocenters. The monoisotopic (exact) mass is 441 g/mol. The van der Waals surface area contributed by atoms with Crippen molar-refractivity contribution in [3.8, 4) is 5.75 Å². The van der Waals surface area contributed by atoms with Gasteiger partial charge in [0.05, 0.1) is 6.10 Å². The minimum absolute atomic E-state index is 0.156. The van der Waals surface area contributed by atoms with Crippen LogP contribution in [-0.2, 0) is 24.0 Å². The van der Waals surface area contributed by atoms with E-state index in [0.717, 1.165) is 66.6 Å². The molecule has 0 radical (unpaired) electrons.